The third kappa shape index (κ3) is 35.7. The maximum Gasteiger partial charge on any atom is 0.267 e. The molecule has 7 heteroatoms. The maximum atomic E-state index is 12.5. The summed E-state index contributed by atoms with van der Waals surface area (Å²) in [6, 6.07) is -1.06. The van der Waals surface area contributed by atoms with Crippen molar-refractivity contribution < 1.29 is 22.9 Å². The summed E-state index contributed by atoms with van der Waals surface area (Å²) in [5.41, 5.74) is 0. The normalized spacial score (nSPS) is 13.7. The molecule has 0 rings (SSSR count). The Hall–Kier alpha value is -1.44. The lowest BCUT2D eigenvalue weighted by molar-refractivity contribution is -0.122. The van der Waals surface area contributed by atoms with E-state index in [9.17, 15) is 22.9 Å². The second-order valence-electron chi connectivity index (χ2n) is 13.6. The molecule has 0 fully saturated rings. The standard InChI is InChI=1S/C40H75NO5S/c1-3-5-7-9-11-13-15-16-17-18-19-20-21-22-23-24-26-28-30-32-34-36-40(43)41-38(37-47(44,45)46)39(42)35-33-31-29-27-25-14-12-10-8-6-4-2/h15-16,18-19,33,35,38-39,42H,3-14,17,20-32,34,36-37H2,1-2H3,(H,41,43)(H,44,45,46)/b16-15-,19-18-,35-33+. The third-order valence-corrected chi connectivity index (χ3v) is 9.59. The highest BCUT2D eigenvalue weighted by Crippen LogP contribution is 2.13. The van der Waals surface area contributed by atoms with Crippen LogP contribution in [0.15, 0.2) is 36.5 Å². The van der Waals surface area contributed by atoms with Crippen LogP contribution in [0.1, 0.15) is 194 Å². The molecule has 0 aliphatic rings. The average Bonchev–Trinajstić information content (AvgIpc) is 3.03. The molecule has 0 bridgehead atoms. The van der Waals surface area contributed by atoms with E-state index in [0.29, 0.717) is 6.42 Å². The molecule has 0 aromatic carbocycles. The molecule has 276 valence electrons. The maximum absolute atomic E-state index is 12.5. The predicted octanol–water partition coefficient (Wildman–Crippen LogP) is 11.4. The summed E-state index contributed by atoms with van der Waals surface area (Å²) >= 11 is 0. The Morgan fingerprint density at radius 3 is 1.38 bits per heavy atom. The van der Waals surface area contributed by atoms with Gasteiger partial charge in [-0.05, 0) is 51.4 Å². The number of rotatable bonds is 35. The van der Waals surface area contributed by atoms with Gasteiger partial charge < -0.3 is 10.4 Å². The van der Waals surface area contributed by atoms with Crippen molar-refractivity contribution in [3.05, 3.63) is 36.5 Å². The number of hydrogen-bond donors (Lipinski definition) is 3. The summed E-state index contributed by atoms with van der Waals surface area (Å²) in [5, 5.41) is 13.2. The summed E-state index contributed by atoms with van der Waals surface area (Å²) in [6.45, 7) is 4.49. The molecule has 2 atom stereocenters. The van der Waals surface area contributed by atoms with Crippen LogP contribution in [0, 0.1) is 0 Å². The van der Waals surface area contributed by atoms with E-state index in [4.69, 9.17) is 0 Å². The minimum atomic E-state index is -4.34. The van der Waals surface area contributed by atoms with Gasteiger partial charge in [-0.1, -0.05) is 172 Å². The first kappa shape index (κ1) is 45.6. The Morgan fingerprint density at radius 1 is 0.574 bits per heavy atom. The number of hydrogen-bond acceptors (Lipinski definition) is 4. The molecule has 6 nitrogen and oxygen atoms in total. The Morgan fingerprint density at radius 2 is 0.957 bits per heavy atom. The molecule has 2 unspecified atom stereocenters. The van der Waals surface area contributed by atoms with E-state index in [-0.39, 0.29) is 5.91 Å². The molecule has 3 N–H and O–H groups in total. The van der Waals surface area contributed by atoms with Crippen molar-refractivity contribution in [2.24, 2.45) is 0 Å². The Kier molecular flexibility index (Phi) is 33.4. The van der Waals surface area contributed by atoms with Gasteiger partial charge in [0.15, 0.2) is 0 Å². The molecule has 1 amide bonds. The predicted molar refractivity (Wildman–Crippen MR) is 202 cm³/mol. The molecule has 0 aromatic heterocycles. The minimum absolute atomic E-state index is 0.284. The molecule has 0 saturated carbocycles. The number of amides is 1. The van der Waals surface area contributed by atoms with Gasteiger partial charge in [-0.3, -0.25) is 9.35 Å². The van der Waals surface area contributed by atoms with Crippen LogP contribution in [-0.4, -0.2) is 41.9 Å². The quantitative estimate of drug-likeness (QED) is 0.0351. The number of carbonyl (C=O) groups excluding carboxylic acids is 1. The summed E-state index contributed by atoms with van der Waals surface area (Å²) in [4.78, 5) is 12.5. The van der Waals surface area contributed by atoms with Crippen LogP contribution >= 0.6 is 0 Å². The molecule has 0 aromatic rings. The fourth-order valence-corrected chi connectivity index (χ4v) is 6.57. The molecule has 0 saturated heterocycles. The first-order valence-corrected chi connectivity index (χ1v) is 21.3. The van der Waals surface area contributed by atoms with Gasteiger partial charge in [0.05, 0.1) is 17.9 Å². The number of nitrogens with one attached hydrogen (secondary N) is 1. The number of aliphatic hydroxyl groups excluding tert-OH is 1. The SMILES string of the molecule is CCCCCCC/C=C\C/C=C\CCCCCCCCCCCC(=O)NC(CS(=O)(=O)O)C(O)/C=C/CCCCCCCCCCC. The van der Waals surface area contributed by atoms with Gasteiger partial charge in [0.25, 0.3) is 10.1 Å². The van der Waals surface area contributed by atoms with Crippen LogP contribution in [0.25, 0.3) is 0 Å². The zero-order chi connectivity index (χ0) is 34.7. The van der Waals surface area contributed by atoms with Crippen LogP contribution in [0.5, 0.6) is 0 Å². The van der Waals surface area contributed by atoms with Gasteiger partial charge in [-0.25, -0.2) is 0 Å². The molecular weight excluding hydrogens is 607 g/mol. The number of allylic oxidation sites excluding steroid dienone is 5. The summed E-state index contributed by atoms with van der Waals surface area (Å²) in [5.74, 6) is -0.984. The summed E-state index contributed by atoms with van der Waals surface area (Å²) in [6.07, 6.45) is 44.1. The van der Waals surface area contributed by atoms with Crippen LogP contribution in [0.3, 0.4) is 0 Å². The highest BCUT2D eigenvalue weighted by Gasteiger charge is 2.24. The van der Waals surface area contributed by atoms with Crippen molar-refractivity contribution in [2.45, 2.75) is 206 Å². The van der Waals surface area contributed by atoms with E-state index in [0.717, 1.165) is 44.9 Å². The lowest BCUT2D eigenvalue weighted by Gasteiger charge is -2.21. The van der Waals surface area contributed by atoms with Crippen molar-refractivity contribution in [2.75, 3.05) is 5.75 Å². The van der Waals surface area contributed by atoms with Gasteiger partial charge in [0, 0.05) is 6.42 Å². The zero-order valence-electron chi connectivity index (χ0n) is 30.7. The van der Waals surface area contributed by atoms with Crippen LogP contribution in [0.2, 0.25) is 0 Å². The molecule has 0 aliphatic carbocycles. The fourth-order valence-electron chi connectivity index (χ4n) is 5.83. The van der Waals surface area contributed by atoms with Crippen molar-refractivity contribution in [1.29, 1.82) is 0 Å². The minimum Gasteiger partial charge on any atom is -0.387 e. The van der Waals surface area contributed by atoms with Gasteiger partial charge in [0.1, 0.15) is 0 Å². The smallest absolute Gasteiger partial charge is 0.267 e. The first-order valence-electron chi connectivity index (χ1n) is 19.7. The number of unbranched alkanes of at least 4 members (excludes halogenated alkanes) is 23. The van der Waals surface area contributed by atoms with Crippen LogP contribution < -0.4 is 5.32 Å². The fraction of sp³-hybridized carbons (Fsp3) is 0.825. The second kappa shape index (κ2) is 34.4. The highest BCUT2D eigenvalue weighted by molar-refractivity contribution is 7.85. The summed E-state index contributed by atoms with van der Waals surface area (Å²) in [7, 11) is -4.34. The van der Waals surface area contributed by atoms with E-state index in [1.54, 1.807) is 6.08 Å². The van der Waals surface area contributed by atoms with Crippen LogP contribution in [-0.2, 0) is 14.9 Å². The first-order chi connectivity index (χ1) is 22.8. The Bertz CT molecular complexity index is 883. The molecule has 0 heterocycles. The van der Waals surface area contributed by atoms with Gasteiger partial charge in [-0.15, -0.1) is 0 Å². The largest absolute Gasteiger partial charge is 0.387 e. The van der Waals surface area contributed by atoms with E-state index in [1.807, 2.05) is 6.08 Å². The van der Waals surface area contributed by atoms with Crippen molar-refractivity contribution in [3.8, 4) is 0 Å². The molecular formula is C40H75NO5S. The van der Waals surface area contributed by atoms with E-state index < -0.39 is 28.0 Å². The van der Waals surface area contributed by atoms with E-state index in [2.05, 4.69) is 43.5 Å². The van der Waals surface area contributed by atoms with E-state index >= 15 is 0 Å². The van der Waals surface area contributed by atoms with Crippen molar-refractivity contribution in [3.63, 3.8) is 0 Å². The number of aliphatic hydroxyl groups is 1. The van der Waals surface area contributed by atoms with Gasteiger partial charge in [0.2, 0.25) is 5.91 Å². The molecule has 47 heavy (non-hydrogen) atoms. The Balaban J connectivity index is 3.89. The Labute approximate surface area is 291 Å². The third-order valence-electron chi connectivity index (χ3n) is 8.81. The molecule has 0 radical (unpaired) electrons. The second-order valence-corrected chi connectivity index (χ2v) is 15.1. The van der Waals surface area contributed by atoms with Crippen molar-refractivity contribution >= 4 is 16.0 Å². The monoisotopic (exact) mass is 682 g/mol. The lowest BCUT2D eigenvalue weighted by atomic mass is 10.0. The van der Waals surface area contributed by atoms with Gasteiger partial charge in [-0.2, -0.15) is 8.42 Å². The molecule has 0 spiro atoms. The van der Waals surface area contributed by atoms with Crippen LogP contribution in [0.4, 0.5) is 0 Å². The number of carbonyl (C=O) groups is 1. The van der Waals surface area contributed by atoms with Crippen molar-refractivity contribution in [1.82, 2.24) is 5.32 Å². The molecule has 0 aliphatic heterocycles. The summed E-state index contributed by atoms with van der Waals surface area (Å²) < 4.78 is 32.4. The topological polar surface area (TPSA) is 104 Å². The lowest BCUT2D eigenvalue weighted by Crippen LogP contribution is -2.46. The highest BCUT2D eigenvalue weighted by atomic mass is 32.2. The van der Waals surface area contributed by atoms with Gasteiger partial charge >= 0.3 is 0 Å². The zero-order valence-corrected chi connectivity index (χ0v) is 31.5. The van der Waals surface area contributed by atoms with E-state index in [1.165, 1.54) is 128 Å². The average molecular weight is 682 g/mol.